The van der Waals surface area contributed by atoms with E-state index in [0.29, 0.717) is 106 Å². The molecule has 0 aromatic heterocycles. The third kappa shape index (κ3) is 9.21. The van der Waals surface area contributed by atoms with Gasteiger partial charge in [-0.1, -0.05) is 147 Å². The van der Waals surface area contributed by atoms with Crippen LogP contribution in [0.2, 0.25) is 0 Å². The van der Waals surface area contributed by atoms with Crippen molar-refractivity contribution < 1.29 is 10.2 Å². The lowest BCUT2D eigenvalue weighted by molar-refractivity contribution is 0.187. The maximum atomic E-state index is 12.8. The second kappa shape index (κ2) is 17.9. The van der Waals surface area contributed by atoms with Crippen molar-refractivity contribution in [1.82, 2.24) is 0 Å². The topological polar surface area (TPSA) is 40.5 Å². The summed E-state index contributed by atoms with van der Waals surface area (Å²) in [5, 5.41) is 25.5. The molecule has 0 bridgehead atoms. The van der Waals surface area contributed by atoms with Crippen LogP contribution in [-0.2, 0) is 5.41 Å². The summed E-state index contributed by atoms with van der Waals surface area (Å²) in [6, 6.07) is 10.00. The van der Waals surface area contributed by atoms with E-state index in [1.807, 2.05) is 0 Å². The Morgan fingerprint density at radius 1 is 0.404 bits per heavy atom. The number of hydrogen-bond donors (Lipinski definition) is 2. The molecule has 0 spiro atoms. The minimum absolute atomic E-state index is 0.309. The van der Waals surface area contributed by atoms with E-state index in [-0.39, 0.29) is 5.41 Å². The minimum atomic E-state index is -0.309. The van der Waals surface area contributed by atoms with Crippen LogP contribution in [0.3, 0.4) is 0 Å². The third-order valence-electron chi connectivity index (χ3n) is 17.5. The first-order valence-corrected chi connectivity index (χ1v) is 24.5. The second-order valence-corrected chi connectivity index (χ2v) is 23.4. The van der Waals surface area contributed by atoms with Crippen molar-refractivity contribution >= 4 is 0 Å². The number of phenolic OH excluding ortho intramolecular Hbond substituents is 2. The molecule has 4 aliphatic rings. The Labute approximate surface area is 352 Å². The van der Waals surface area contributed by atoms with Crippen LogP contribution >= 0.6 is 0 Å². The van der Waals surface area contributed by atoms with Crippen molar-refractivity contribution in [2.45, 2.75) is 203 Å². The molecule has 0 radical (unpaired) electrons. The van der Waals surface area contributed by atoms with Gasteiger partial charge in [0.2, 0.25) is 0 Å². The first kappa shape index (κ1) is 44.6. The number of rotatable bonds is 10. The smallest absolute Gasteiger partial charge is 0.122 e. The highest BCUT2D eigenvalue weighted by Gasteiger charge is 2.42. The van der Waals surface area contributed by atoms with Gasteiger partial charge < -0.3 is 10.2 Å². The minimum Gasteiger partial charge on any atom is -0.507 e. The normalized spacial score (nSPS) is 34.4. The van der Waals surface area contributed by atoms with Crippen molar-refractivity contribution in [3.63, 3.8) is 0 Å². The zero-order valence-electron chi connectivity index (χ0n) is 39.4. The maximum absolute atomic E-state index is 12.8. The Balaban J connectivity index is 1.60. The van der Waals surface area contributed by atoms with Gasteiger partial charge in [0.25, 0.3) is 0 Å². The molecule has 12 atom stereocenters. The largest absolute Gasteiger partial charge is 0.507 e. The Morgan fingerprint density at radius 3 is 0.807 bits per heavy atom. The number of aromatic hydroxyl groups is 2. The van der Waals surface area contributed by atoms with Gasteiger partial charge in [-0.15, -0.1) is 0 Å². The summed E-state index contributed by atoms with van der Waals surface area (Å²) in [5.74, 6) is 10.1. The lowest BCUT2D eigenvalue weighted by atomic mass is 9.62. The summed E-state index contributed by atoms with van der Waals surface area (Å²) < 4.78 is 0. The highest BCUT2D eigenvalue weighted by molar-refractivity contribution is 5.56. The summed E-state index contributed by atoms with van der Waals surface area (Å²) in [6.45, 7) is 34.1. The Hall–Kier alpha value is -1.96. The predicted molar refractivity (Wildman–Crippen MR) is 245 cm³/mol. The number of phenols is 2. The summed E-state index contributed by atoms with van der Waals surface area (Å²) in [5.41, 5.74) is 7.38. The van der Waals surface area contributed by atoms with Gasteiger partial charge in [-0.25, -0.2) is 0 Å². The van der Waals surface area contributed by atoms with E-state index >= 15 is 0 Å². The van der Waals surface area contributed by atoms with Gasteiger partial charge in [-0.05, 0) is 179 Å². The predicted octanol–water partition coefficient (Wildman–Crippen LogP) is 16.1. The molecule has 2 aromatic rings. The van der Waals surface area contributed by atoms with E-state index in [2.05, 4.69) is 121 Å². The molecule has 4 saturated carbocycles. The Kier molecular flexibility index (Phi) is 14.0. The molecule has 2 N–H and O–H groups in total. The second-order valence-electron chi connectivity index (χ2n) is 23.4. The van der Waals surface area contributed by atoms with E-state index in [1.54, 1.807) is 0 Å². The maximum Gasteiger partial charge on any atom is 0.122 e. The van der Waals surface area contributed by atoms with E-state index in [4.69, 9.17) is 0 Å². The van der Waals surface area contributed by atoms with E-state index in [9.17, 15) is 10.2 Å². The number of benzene rings is 2. The summed E-state index contributed by atoms with van der Waals surface area (Å²) >= 11 is 0. The lowest BCUT2D eigenvalue weighted by Crippen LogP contribution is -2.30. The van der Waals surface area contributed by atoms with Crippen molar-refractivity contribution in [3.05, 3.63) is 57.6 Å². The van der Waals surface area contributed by atoms with Crippen LogP contribution in [0.5, 0.6) is 11.5 Å². The Bertz CT molecular complexity index is 1420. The molecule has 320 valence electrons. The van der Waals surface area contributed by atoms with Crippen LogP contribution in [0.4, 0.5) is 0 Å². The molecule has 0 saturated heterocycles. The molecular weight excluding hydrogens is 693 g/mol. The van der Waals surface area contributed by atoms with Gasteiger partial charge in [0.15, 0.2) is 0 Å². The van der Waals surface area contributed by atoms with Crippen molar-refractivity contribution in [2.24, 2.45) is 71.0 Å². The molecule has 2 nitrogen and oxygen atoms in total. The van der Waals surface area contributed by atoms with Crippen LogP contribution < -0.4 is 0 Å². The molecule has 6 rings (SSSR count). The van der Waals surface area contributed by atoms with Gasteiger partial charge in [-0.2, -0.15) is 0 Å². The molecule has 0 aliphatic heterocycles. The fourth-order valence-corrected chi connectivity index (χ4v) is 13.6. The summed E-state index contributed by atoms with van der Waals surface area (Å²) in [4.78, 5) is 0. The fourth-order valence-electron chi connectivity index (χ4n) is 13.6. The molecule has 0 heterocycles. The van der Waals surface area contributed by atoms with Gasteiger partial charge in [0, 0.05) is 5.41 Å². The van der Waals surface area contributed by atoms with E-state index < -0.39 is 0 Å². The monoisotopic (exact) mass is 781 g/mol. The molecular formula is C55H88O2. The van der Waals surface area contributed by atoms with Crippen LogP contribution in [-0.4, -0.2) is 10.2 Å². The lowest BCUT2D eigenvalue weighted by Gasteiger charge is -2.42. The molecule has 0 amide bonds. The first-order valence-electron chi connectivity index (χ1n) is 24.5. The van der Waals surface area contributed by atoms with Crippen LogP contribution in [0, 0.1) is 71.0 Å². The first-order chi connectivity index (χ1) is 26.8. The standard InChI is InChI=1S/C55H88O2/c1-31(2)41-19-15-35(9)23-45(41)49-27-39(28-50(53(49)56)46-24-36(10)16-20-42(46)32(3)4)55(13,14)40-29-51(47-25-37(11)17-21-43(47)33(5)6)54(57)52(30-40)48-26-38(12)18-22-44(48)34(7)8/h27-38,41-48,56-57H,15-26H2,1-14H3. The zero-order chi connectivity index (χ0) is 41.7. The summed E-state index contributed by atoms with van der Waals surface area (Å²) in [6.07, 6.45) is 14.8. The molecule has 2 aromatic carbocycles. The van der Waals surface area contributed by atoms with Crippen molar-refractivity contribution in [1.29, 1.82) is 0 Å². The van der Waals surface area contributed by atoms with Gasteiger partial charge >= 0.3 is 0 Å². The molecule has 2 heteroatoms. The zero-order valence-corrected chi connectivity index (χ0v) is 39.4. The molecule has 57 heavy (non-hydrogen) atoms. The molecule has 4 aliphatic carbocycles. The fraction of sp³-hybridized carbons (Fsp3) is 0.782. The van der Waals surface area contributed by atoms with Crippen LogP contribution in [0.1, 0.15) is 231 Å². The van der Waals surface area contributed by atoms with E-state index in [0.717, 1.165) is 25.7 Å². The average Bonchev–Trinajstić information content (AvgIpc) is 3.14. The highest BCUT2D eigenvalue weighted by atomic mass is 16.3. The van der Waals surface area contributed by atoms with Gasteiger partial charge in [-0.3, -0.25) is 0 Å². The number of hydrogen-bond acceptors (Lipinski definition) is 2. The van der Waals surface area contributed by atoms with Gasteiger partial charge in [0.1, 0.15) is 11.5 Å². The quantitative estimate of drug-likeness (QED) is 0.252. The SMILES string of the molecule is CC1CCC(C(C)C)C(c2cc(C(C)(C)c3cc(C4CC(C)CCC4C(C)C)c(O)c(C4CC(C)CCC4C(C)C)c3)cc(C3CC(C)CCC3C(C)C)c2O)C1. The van der Waals surface area contributed by atoms with Crippen LogP contribution in [0.25, 0.3) is 0 Å². The highest BCUT2D eigenvalue weighted by Crippen LogP contribution is 2.56. The van der Waals surface area contributed by atoms with Gasteiger partial charge in [0.05, 0.1) is 0 Å². The van der Waals surface area contributed by atoms with Crippen molar-refractivity contribution in [2.75, 3.05) is 0 Å². The van der Waals surface area contributed by atoms with Crippen LogP contribution in [0.15, 0.2) is 24.3 Å². The third-order valence-corrected chi connectivity index (χ3v) is 17.5. The molecule has 4 fully saturated rings. The Morgan fingerprint density at radius 2 is 0.614 bits per heavy atom. The van der Waals surface area contributed by atoms with E-state index in [1.165, 1.54) is 84.7 Å². The molecule has 12 unspecified atom stereocenters. The average molecular weight is 781 g/mol. The summed E-state index contributed by atoms with van der Waals surface area (Å²) in [7, 11) is 0. The van der Waals surface area contributed by atoms with Crippen molar-refractivity contribution in [3.8, 4) is 11.5 Å².